The van der Waals surface area contributed by atoms with Crippen molar-refractivity contribution in [2.45, 2.75) is 26.9 Å². The van der Waals surface area contributed by atoms with E-state index >= 15 is 0 Å². The number of carbonyl (C=O) groups excluding carboxylic acids is 1. The van der Waals surface area contributed by atoms with E-state index in [4.69, 9.17) is 9.47 Å². The molecule has 0 fully saturated rings. The van der Waals surface area contributed by atoms with Crippen LogP contribution < -0.4 is 4.74 Å². The standard InChI is InChI=1S/C15H22FNO3/c1-4-17(5-2)10-12(3)20-15(18)11-19-14-8-6-13(16)7-9-14/h6-9,12H,4-5,10-11H2,1-3H3. The molecule has 1 atom stereocenters. The number of ether oxygens (including phenoxy) is 2. The Labute approximate surface area is 119 Å². The van der Waals surface area contributed by atoms with Crippen molar-refractivity contribution < 1.29 is 18.7 Å². The summed E-state index contributed by atoms with van der Waals surface area (Å²) in [6.07, 6.45) is -0.181. The molecule has 1 aromatic carbocycles. The number of rotatable bonds is 8. The van der Waals surface area contributed by atoms with Crippen LogP contribution in [0.1, 0.15) is 20.8 Å². The van der Waals surface area contributed by atoms with Crippen LogP contribution in [0.2, 0.25) is 0 Å². The highest BCUT2D eigenvalue weighted by Crippen LogP contribution is 2.11. The normalized spacial score (nSPS) is 12.2. The first kappa shape index (κ1) is 16.4. The van der Waals surface area contributed by atoms with Gasteiger partial charge in [0.05, 0.1) is 0 Å². The predicted molar refractivity (Wildman–Crippen MR) is 75.2 cm³/mol. The van der Waals surface area contributed by atoms with Crippen LogP contribution in [0.5, 0.6) is 5.75 Å². The van der Waals surface area contributed by atoms with Crippen molar-refractivity contribution in [2.24, 2.45) is 0 Å². The van der Waals surface area contributed by atoms with Gasteiger partial charge in [0, 0.05) is 6.54 Å². The topological polar surface area (TPSA) is 38.8 Å². The summed E-state index contributed by atoms with van der Waals surface area (Å²) in [6.45, 7) is 8.36. The second-order valence-corrected chi connectivity index (χ2v) is 4.53. The van der Waals surface area contributed by atoms with Crippen molar-refractivity contribution >= 4 is 5.97 Å². The van der Waals surface area contributed by atoms with E-state index < -0.39 is 5.97 Å². The largest absolute Gasteiger partial charge is 0.482 e. The van der Waals surface area contributed by atoms with Gasteiger partial charge >= 0.3 is 5.97 Å². The van der Waals surface area contributed by atoms with Gasteiger partial charge in [-0.2, -0.15) is 0 Å². The minimum Gasteiger partial charge on any atom is -0.482 e. The molecule has 20 heavy (non-hydrogen) atoms. The van der Waals surface area contributed by atoms with Crippen molar-refractivity contribution in [3.63, 3.8) is 0 Å². The zero-order valence-corrected chi connectivity index (χ0v) is 12.3. The smallest absolute Gasteiger partial charge is 0.344 e. The third kappa shape index (κ3) is 6.02. The molecule has 1 aromatic rings. The molecule has 1 unspecified atom stereocenters. The average Bonchev–Trinajstić information content (AvgIpc) is 2.44. The first-order valence-electron chi connectivity index (χ1n) is 6.85. The predicted octanol–water partition coefficient (Wildman–Crippen LogP) is 2.48. The van der Waals surface area contributed by atoms with Gasteiger partial charge in [0.15, 0.2) is 6.61 Å². The van der Waals surface area contributed by atoms with E-state index in [1.807, 2.05) is 6.92 Å². The maximum Gasteiger partial charge on any atom is 0.344 e. The molecule has 0 aliphatic rings. The van der Waals surface area contributed by atoms with Crippen LogP contribution in [-0.2, 0) is 9.53 Å². The molecule has 0 aliphatic carbocycles. The molecule has 0 spiro atoms. The number of nitrogens with zero attached hydrogens (tertiary/aromatic N) is 1. The molecule has 0 aromatic heterocycles. The number of likely N-dealkylation sites (N-methyl/N-ethyl adjacent to an activating group) is 1. The van der Waals surface area contributed by atoms with Crippen LogP contribution in [0.4, 0.5) is 4.39 Å². The monoisotopic (exact) mass is 283 g/mol. The summed E-state index contributed by atoms with van der Waals surface area (Å²) >= 11 is 0. The number of halogens is 1. The molecule has 0 heterocycles. The van der Waals surface area contributed by atoms with Gasteiger partial charge in [0.2, 0.25) is 0 Å². The van der Waals surface area contributed by atoms with Gasteiger partial charge in [-0.05, 0) is 44.3 Å². The van der Waals surface area contributed by atoms with E-state index in [9.17, 15) is 9.18 Å². The summed E-state index contributed by atoms with van der Waals surface area (Å²) in [6, 6.07) is 5.51. The molecule has 0 radical (unpaired) electrons. The lowest BCUT2D eigenvalue weighted by molar-refractivity contribution is -0.151. The first-order chi connectivity index (χ1) is 9.55. The number of hydrogen-bond donors (Lipinski definition) is 0. The van der Waals surface area contributed by atoms with Crippen LogP contribution in [0, 0.1) is 5.82 Å². The second kappa shape index (κ2) is 8.53. The number of hydrogen-bond acceptors (Lipinski definition) is 4. The molecule has 0 saturated heterocycles. The Balaban J connectivity index is 2.30. The molecule has 0 amide bonds. The fraction of sp³-hybridized carbons (Fsp3) is 0.533. The summed E-state index contributed by atoms with van der Waals surface area (Å²) in [4.78, 5) is 13.8. The molecule has 1 rings (SSSR count). The molecule has 112 valence electrons. The van der Waals surface area contributed by atoms with Crippen molar-refractivity contribution in [3.8, 4) is 5.75 Å². The van der Waals surface area contributed by atoms with Crippen molar-refractivity contribution in [1.82, 2.24) is 4.90 Å². The summed E-state index contributed by atoms with van der Waals surface area (Å²) in [7, 11) is 0. The van der Waals surface area contributed by atoms with Crippen LogP contribution in [0.15, 0.2) is 24.3 Å². The number of esters is 1. The minimum absolute atomic E-state index is 0.172. The maximum atomic E-state index is 12.7. The Morgan fingerprint density at radius 3 is 2.40 bits per heavy atom. The lowest BCUT2D eigenvalue weighted by Gasteiger charge is -2.22. The third-order valence-electron chi connectivity index (χ3n) is 2.91. The Morgan fingerprint density at radius 2 is 1.85 bits per heavy atom. The van der Waals surface area contributed by atoms with Gasteiger partial charge in [0.1, 0.15) is 17.7 Å². The highest BCUT2D eigenvalue weighted by atomic mass is 19.1. The van der Waals surface area contributed by atoms with Crippen molar-refractivity contribution in [3.05, 3.63) is 30.1 Å². The minimum atomic E-state index is -0.422. The van der Waals surface area contributed by atoms with E-state index in [-0.39, 0.29) is 18.5 Å². The molecule has 4 nitrogen and oxygen atoms in total. The average molecular weight is 283 g/mol. The van der Waals surface area contributed by atoms with Crippen molar-refractivity contribution in [2.75, 3.05) is 26.2 Å². The van der Waals surface area contributed by atoms with E-state index in [0.29, 0.717) is 12.3 Å². The molecular formula is C15H22FNO3. The SMILES string of the molecule is CCN(CC)CC(C)OC(=O)COc1ccc(F)cc1. The molecule has 0 N–H and O–H groups in total. The van der Waals surface area contributed by atoms with E-state index in [1.165, 1.54) is 24.3 Å². The van der Waals surface area contributed by atoms with Crippen LogP contribution >= 0.6 is 0 Å². The Kier molecular flexibility index (Phi) is 7.01. The van der Waals surface area contributed by atoms with Gasteiger partial charge in [0.25, 0.3) is 0 Å². The quantitative estimate of drug-likeness (QED) is 0.687. The Hall–Kier alpha value is -1.62. The highest BCUT2D eigenvalue weighted by molar-refractivity contribution is 5.71. The summed E-state index contributed by atoms with van der Waals surface area (Å²) < 4.78 is 23.2. The summed E-state index contributed by atoms with van der Waals surface area (Å²) in [5, 5.41) is 0. The van der Waals surface area contributed by atoms with Crippen LogP contribution in [-0.4, -0.2) is 43.2 Å². The second-order valence-electron chi connectivity index (χ2n) is 4.53. The third-order valence-corrected chi connectivity index (χ3v) is 2.91. The van der Waals surface area contributed by atoms with E-state index in [0.717, 1.165) is 13.1 Å². The number of benzene rings is 1. The fourth-order valence-corrected chi connectivity index (χ4v) is 1.81. The maximum absolute atomic E-state index is 12.7. The van der Waals surface area contributed by atoms with Gasteiger partial charge in [-0.15, -0.1) is 0 Å². The van der Waals surface area contributed by atoms with E-state index in [2.05, 4.69) is 18.7 Å². The summed E-state index contributed by atoms with van der Waals surface area (Å²) in [5.74, 6) is -0.318. The van der Waals surface area contributed by atoms with Gasteiger partial charge in [-0.25, -0.2) is 9.18 Å². The molecule has 0 aliphatic heterocycles. The van der Waals surface area contributed by atoms with Crippen LogP contribution in [0.3, 0.4) is 0 Å². The molecular weight excluding hydrogens is 261 g/mol. The molecule has 5 heteroatoms. The lowest BCUT2D eigenvalue weighted by atomic mass is 10.3. The Morgan fingerprint density at radius 1 is 1.25 bits per heavy atom. The first-order valence-corrected chi connectivity index (χ1v) is 6.85. The van der Waals surface area contributed by atoms with Gasteiger partial charge < -0.3 is 14.4 Å². The van der Waals surface area contributed by atoms with Crippen LogP contribution in [0.25, 0.3) is 0 Å². The highest BCUT2D eigenvalue weighted by Gasteiger charge is 2.13. The van der Waals surface area contributed by atoms with Crippen molar-refractivity contribution in [1.29, 1.82) is 0 Å². The zero-order valence-electron chi connectivity index (χ0n) is 12.3. The fourth-order valence-electron chi connectivity index (χ4n) is 1.81. The molecule has 0 saturated carbocycles. The van der Waals surface area contributed by atoms with Gasteiger partial charge in [-0.1, -0.05) is 13.8 Å². The molecule has 0 bridgehead atoms. The number of carbonyl (C=O) groups is 1. The van der Waals surface area contributed by atoms with E-state index in [1.54, 1.807) is 0 Å². The summed E-state index contributed by atoms with van der Waals surface area (Å²) in [5.41, 5.74) is 0. The lowest BCUT2D eigenvalue weighted by Crippen LogP contribution is -2.34. The Bertz CT molecular complexity index is 404. The van der Waals surface area contributed by atoms with Gasteiger partial charge in [-0.3, -0.25) is 0 Å². The zero-order chi connectivity index (χ0) is 15.0.